The second kappa shape index (κ2) is 9.22. The lowest BCUT2D eigenvalue weighted by atomic mass is 9.83. The van der Waals surface area contributed by atoms with Gasteiger partial charge in [0.2, 0.25) is 5.69 Å². The van der Waals surface area contributed by atoms with Crippen LogP contribution < -0.4 is 4.90 Å². The molecule has 0 aromatic heterocycles. The van der Waals surface area contributed by atoms with Gasteiger partial charge in [0.1, 0.15) is 0 Å². The summed E-state index contributed by atoms with van der Waals surface area (Å²) >= 11 is 0. The molecule has 5 aromatic rings. The Labute approximate surface area is 228 Å². The Balaban J connectivity index is 1.57. The highest BCUT2D eigenvalue weighted by molar-refractivity contribution is 5.60. The second-order valence-electron chi connectivity index (χ2n) is 9.96. The predicted octanol–water partition coefficient (Wildman–Crippen LogP) is 8.34. The highest BCUT2D eigenvalue weighted by Gasteiger charge is 2.68. The van der Waals surface area contributed by atoms with E-state index in [0.717, 1.165) is 28.1 Å². The summed E-state index contributed by atoms with van der Waals surface area (Å²) in [6.07, 6.45) is -0.446. The normalized spacial score (nSPS) is 23.7. The van der Waals surface area contributed by atoms with Crippen molar-refractivity contribution in [3.8, 4) is 0 Å². The molecule has 1 saturated heterocycles. The summed E-state index contributed by atoms with van der Waals surface area (Å²) in [7, 11) is 0. The van der Waals surface area contributed by atoms with E-state index >= 15 is 0 Å². The van der Waals surface area contributed by atoms with Gasteiger partial charge in [0.05, 0.1) is 0 Å². The highest BCUT2D eigenvalue weighted by atomic mass is 16.6. The number of nitrogens with zero attached hydrogens (tertiary/aromatic N) is 4. The van der Waals surface area contributed by atoms with Crippen LogP contribution in [0.3, 0.4) is 0 Å². The molecule has 0 radical (unpaired) electrons. The number of para-hydroxylation sites is 2. The summed E-state index contributed by atoms with van der Waals surface area (Å²) in [4.78, 5) is 4.05. The summed E-state index contributed by atoms with van der Waals surface area (Å²) in [5.74, 6) is 0. The van der Waals surface area contributed by atoms with Crippen LogP contribution in [0.4, 0.5) is 11.4 Å². The van der Waals surface area contributed by atoms with Gasteiger partial charge in [-0.05, 0) is 30.2 Å². The Morgan fingerprint density at radius 3 is 1.82 bits per heavy atom. The molecule has 5 heteroatoms. The molecule has 5 aromatic carbocycles. The smallest absolute Gasteiger partial charge is 0.225 e. The van der Waals surface area contributed by atoms with Gasteiger partial charge in [0.25, 0.3) is 0 Å². The van der Waals surface area contributed by atoms with Crippen LogP contribution in [0.2, 0.25) is 0 Å². The first kappa shape index (κ1) is 23.4. The van der Waals surface area contributed by atoms with Gasteiger partial charge >= 0.3 is 0 Å². The van der Waals surface area contributed by atoms with E-state index in [4.69, 9.17) is 15.3 Å². The second-order valence-corrected chi connectivity index (χ2v) is 9.96. The van der Waals surface area contributed by atoms with Crippen LogP contribution in [0.15, 0.2) is 151 Å². The van der Waals surface area contributed by atoms with Crippen LogP contribution in [0, 0.1) is 6.92 Å². The van der Waals surface area contributed by atoms with E-state index in [1.807, 2.05) is 60.7 Å². The zero-order valence-electron chi connectivity index (χ0n) is 21.6. The third-order valence-electron chi connectivity index (χ3n) is 7.54. The van der Waals surface area contributed by atoms with Crippen molar-refractivity contribution >= 4 is 11.4 Å². The summed E-state index contributed by atoms with van der Waals surface area (Å²) in [5.41, 5.74) is 9.33. The average molecular weight is 509 g/mol. The lowest BCUT2D eigenvalue weighted by Gasteiger charge is -2.44. The molecule has 0 aliphatic carbocycles. The molecule has 5 nitrogen and oxygen atoms in total. The molecular formula is C34H28N4O. The summed E-state index contributed by atoms with van der Waals surface area (Å²) in [5, 5.41) is 5.34. The van der Waals surface area contributed by atoms with Crippen molar-refractivity contribution in [3.63, 3.8) is 0 Å². The van der Waals surface area contributed by atoms with Crippen molar-refractivity contribution in [2.75, 3.05) is 4.90 Å². The molecule has 2 heterocycles. The van der Waals surface area contributed by atoms with Crippen LogP contribution in [0.1, 0.15) is 28.5 Å². The number of aryl methyl sites for hydroxylation is 1. The first-order valence-corrected chi connectivity index (χ1v) is 13.2. The fourth-order valence-electron chi connectivity index (χ4n) is 5.72. The molecule has 0 saturated carbocycles. The molecule has 1 fully saturated rings. The first-order valence-electron chi connectivity index (χ1n) is 13.2. The van der Waals surface area contributed by atoms with Gasteiger partial charge in [0, 0.05) is 23.4 Å². The van der Waals surface area contributed by atoms with Crippen LogP contribution in [-0.2, 0) is 16.1 Å². The van der Waals surface area contributed by atoms with Crippen LogP contribution in [0.5, 0.6) is 0 Å². The van der Waals surface area contributed by atoms with Gasteiger partial charge in [-0.3, -0.25) is 0 Å². The van der Waals surface area contributed by atoms with Gasteiger partial charge in [-0.25, -0.2) is 0 Å². The van der Waals surface area contributed by atoms with Gasteiger partial charge in [0.15, 0.2) is 17.6 Å². The number of benzene rings is 5. The lowest BCUT2D eigenvalue weighted by molar-refractivity contribution is -0.462. The molecule has 0 bridgehead atoms. The molecule has 0 unspecified atom stereocenters. The third kappa shape index (κ3) is 3.58. The first-order chi connectivity index (χ1) is 19.2. The van der Waals surface area contributed by atoms with Crippen molar-refractivity contribution in [1.82, 2.24) is 0 Å². The number of rotatable bonds is 5. The Morgan fingerprint density at radius 1 is 0.667 bits per heavy atom. The Kier molecular flexibility index (Phi) is 5.53. The van der Waals surface area contributed by atoms with Crippen molar-refractivity contribution in [3.05, 3.63) is 173 Å². The minimum atomic E-state index is -1.17. The van der Waals surface area contributed by atoms with Crippen LogP contribution in [-0.4, -0.2) is 4.81 Å². The fourth-order valence-corrected chi connectivity index (χ4v) is 5.72. The number of ether oxygens (including phenoxy) is 1. The number of azo groups is 1. The van der Waals surface area contributed by atoms with Crippen molar-refractivity contribution in [2.45, 2.75) is 24.5 Å². The molecule has 2 aliphatic heterocycles. The fraction of sp³-hybridized carbons (Fsp3) is 0.118. The average Bonchev–Trinajstić information content (AvgIpc) is 3.50. The van der Waals surface area contributed by atoms with Gasteiger partial charge < -0.3 is 9.64 Å². The van der Waals surface area contributed by atoms with Gasteiger partial charge in [-0.2, -0.15) is 10.5 Å². The molecule has 0 amide bonds. The molecule has 3 atom stereocenters. The minimum Gasteiger partial charge on any atom is -0.335 e. The number of hydrogen-bond donors (Lipinski definition) is 0. The highest BCUT2D eigenvalue weighted by Crippen LogP contribution is 2.66. The topological polar surface area (TPSA) is 41.9 Å². The molecule has 0 N–H and O–H groups in total. The Hall–Kier alpha value is -4.74. The Bertz CT molecular complexity index is 1610. The zero-order valence-corrected chi connectivity index (χ0v) is 21.6. The summed E-state index contributed by atoms with van der Waals surface area (Å²) < 4.78 is 7.29. The van der Waals surface area contributed by atoms with Crippen LogP contribution in [0.25, 0.3) is 5.43 Å². The van der Waals surface area contributed by atoms with E-state index in [-0.39, 0.29) is 0 Å². The maximum absolute atomic E-state index is 7.29. The summed E-state index contributed by atoms with van der Waals surface area (Å²) in [6, 6.07) is 49.7. The SMILES string of the molecule is Cc1ccc([C@@H]2O[C@@]3(c4ccccc4)N=[N+](c4ccccc4)[N-][C@@]3(c3ccccc3)N2c2ccccc2)cc1. The quantitative estimate of drug-likeness (QED) is 0.224. The molecule has 0 spiro atoms. The monoisotopic (exact) mass is 508 g/mol. The predicted molar refractivity (Wildman–Crippen MR) is 152 cm³/mol. The molecule has 2 aliphatic rings. The van der Waals surface area contributed by atoms with Crippen molar-refractivity contribution in [2.24, 2.45) is 5.11 Å². The van der Waals surface area contributed by atoms with E-state index in [1.165, 1.54) is 5.56 Å². The molecule has 190 valence electrons. The van der Waals surface area contributed by atoms with Crippen LogP contribution >= 0.6 is 0 Å². The lowest BCUT2D eigenvalue weighted by Crippen LogP contribution is -2.50. The Morgan fingerprint density at radius 2 is 1.21 bits per heavy atom. The van der Waals surface area contributed by atoms with Crippen molar-refractivity contribution in [1.29, 1.82) is 0 Å². The van der Waals surface area contributed by atoms with E-state index in [0.29, 0.717) is 0 Å². The maximum atomic E-state index is 7.29. The largest absolute Gasteiger partial charge is 0.335 e. The molecule has 7 rings (SSSR count). The zero-order chi connectivity index (χ0) is 26.3. The molecule has 39 heavy (non-hydrogen) atoms. The standard InChI is InChI=1S/C34H28N4O/c1-26-22-24-27(25-23-26)32-37(30-18-10-4-11-19-30)33(28-14-6-2-7-15-28)34(39-32,29-16-8-3-9-17-29)36-38(35-33)31-20-12-5-13-21-31/h2-25,32H,1H3/t32-,33-,34+/m0/s1. The third-order valence-corrected chi connectivity index (χ3v) is 7.54. The number of anilines is 1. The van der Waals surface area contributed by atoms with Crippen molar-refractivity contribution < 1.29 is 9.54 Å². The molecular weight excluding hydrogens is 480 g/mol. The number of fused-ring (bicyclic) bond motifs is 1. The van der Waals surface area contributed by atoms with E-state index in [1.54, 1.807) is 4.81 Å². The van der Waals surface area contributed by atoms with E-state index in [9.17, 15) is 0 Å². The van der Waals surface area contributed by atoms with E-state index < -0.39 is 17.6 Å². The summed E-state index contributed by atoms with van der Waals surface area (Å²) in [6.45, 7) is 2.10. The van der Waals surface area contributed by atoms with Gasteiger partial charge in [-0.15, -0.1) is 4.81 Å². The minimum absolute atomic E-state index is 0.446. The van der Waals surface area contributed by atoms with E-state index in [2.05, 4.69) is 96.8 Å². The number of hydrogen-bond acceptors (Lipinski definition) is 3. The maximum Gasteiger partial charge on any atom is 0.225 e. The van der Waals surface area contributed by atoms with Gasteiger partial charge in [-0.1, -0.05) is 127 Å².